The van der Waals surface area contributed by atoms with Crippen LogP contribution in [0.4, 0.5) is 0 Å². The molecule has 0 bridgehead atoms. The zero-order valence-corrected chi connectivity index (χ0v) is 19.8. The number of hydrogen-bond donors (Lipinski definition) is 0. The summed E-state index contributed by atoms with van der Waals surface area (Å²) in [6.07, 6.45) is 0. The monoisotopic (exact) mass is 378 g/mol. The van der Waals surface area contributed by atoms with Gasteiger partial charge in [0.05, 0.1) is 11.2 Å². The second-order valence-corrected chi connectivity index (χ2v) is 9.89. The molecule has 0 radical (unpaired) electrons. The van der Waals surface area contributed by atoms with Gasteiger partial charge in [0.15, 0.2) is 0 Å². The highest BCUT2D eigenvalue weighted by Crippen LogP contribution is 2.37. The summed E-state index contributed by atoms with van der Waals surface area (Å²) in [5, 5.41) is 2.44. The van der Waals surface area contributed by atoms with Crippen LogP contribution in [-0.2, 0) is 9.31 Å². The van der Waals surface area contributed by atoms with Crippen LogP contribution >= 0.6 is 0 Å². The molecule has 29 heavy (non-hydrogen) atoms. The maximum absolute atomic E-state index is 6.64. The number of benzene rings is 2. The Morgan fingerprint density at radius 2 is 0.966 bits per heavy atom. The molecule has 1 aliphatic rings. The predicted molar refractivity (Wildman–Crippen MR) is 147 cm³/mol. The van der Waals surface area contributed by atoms with E-state index < -0.39 is 7.12 Å². The molecule has 3 aromatic rings. The quantitative estimate of drug-likeness (QED) is 0.395. The Morgan fingerprint density at radius 3 is 1.48 bits per heavy atom. The lowest BCUT2D eigenvalue weighted by atomic mass is 9.60. The fourth-order valence-electron chi connectivity index (χ4n) is 4.61. The molecule has 1 aliphatic heterocycles. The van der Waals surface area contributed by atoms with Gasteiger partial charge in [-0.3, -0.25) is 0 Å². The molecule has 0 saturated carbocycles. The third-order valence-corrected chi connectivity index (χ3v) is 7.95. The van der Waals surface area contributed by atoms with Crippen molar-refractivity contribution in [1.82, 2.24) is 0 Å². The summed E-state index contributed by atoms with van der Waals surface area (Å²) in [5.74, 6) is 0. The molecule has 11 heteroatoms. The number of hydrogen-bond acceptors (Lipinski definition) is 3. The lowest BCUT2D eigenvalue weighted by molar-refractivity contribution is 0.00578. The van der Waals surface area contributed by atoms with Crippen molar-refractivity contribution in [3.8, 4) is 0 Å². The van der Waals surface area contributed by atoms with Gasteiger partial charge in [-0.25, -0.2) is 0 Å². The fourth-order valence-corrected chi connectivity index (χ4v) is 4.61. The minimum atomic E-state index is -0.440. The van der Waals surface area contributed by atoms with Gasteiger partial charge >= 0.3 is 7.12 Å². The van der Waals surface area contributed by atoms with Crippen LogP contribution in [-0.4, -0.2) is 73.2 Å². The molecule has 2 heterocycles. The fraction of sp³-hybridized carbons (Fsp3) is 0.333. The first-order valence-electron chi connectivity index (χ1n) is 10.6. The molecule has 2 aromatic carbocycles. The van der Waals surface area contributed by atoms with Crippen molar-refractivity contribution in [2.75, 3.05) is 0 Å². The van der Waals surface area contributed by atoms with Crippen LogP contribution < -0.4 is 43.7 Å². The molecule has 0 unspecified atom stereocenters. The van der Waals surface area contributed by atoms with Gasteiger partial charge in [0, 0.05) is 16.2 Å². The number of furan rings is 1. The molecule has 140 valence electrons. The molecule has 0 atom stereocenters. The van der Waals surface area contributed by atoms with Crippen LogP contribution in [0.25, 0.3) is 21.9 Å². The summed E-state index contributed by atoms with van der Waals surface area (Å²) >= 11 is 0. The van der Waals surface area contributed by atoms with Gasteiger partial charge in [-0.1, -0.05) is 27.3 Å². The third kappa shape index (κ3) is 2.69. The van der Waals surface area contributed by atoms with Gasteiger partial charge in [0.2, 0.25) is 0 Å². The summed E-state index contributed by atoms with van der Waals surface area (Å²) < 4.78 is 19.5. The van der Waals surface area contributed by atoms with Crippen molar-refractivity contribution in [2.24, 2.45) is 0 Å². The van der Waals surface area contributed by atoms with Crippen LogP contribution in [0, 0.1) is 0 Å². The molecule has 1 aromatic heterocycles. The van der Waals surface area contributed by atoms with Crippen LogP contribution in [0.15, 0.2) is 4.42 Å². The van der Waals surface area contributed by atoms with Crippen LogP contribution in [0.5, 0.6) is 0 Å². The van der Waals surface area contributed by atoms with E-state index in [-0.39, 0.29) is 11.2 Å². The molecule has 1 saturated heterocycles. The maximum Gasteiger partial charge on any atom is 0.498 e. The molecular formula is C18H26B8O3. The molecule has 3 nitrogen and oxygen atoms in total. The highest BCUT2D eigenvalue weighted by molar-refractivity contribution is 6.76. The van der Waals surface area contributed by atoms with Gasteiger partial charge in [0.1, 0.15) is 66.1 Å². The first kappa shape index (κ1) is 20.9. The van der Waals surface area contributed by atoms with E-state index in [9.17, 15) is 0 Å². The molecule has 0 aliphatic carbocycles. The average Bonchev–Trinajstić information content (AvgIpc) is 3.11. The normalized spacial score (nSPS) is 18.1. The Morgan fingerprint density at radius 1 is 0.552 bits per heavy atom. The second kappa shape index (κ2) is 6.34. The van der Waals surface area contributed by atoms with E-state index in [1.54, 1.807) is 0 Å². The van der Waals surface area contributed by atoms with Crippen LogP contribution in [0.1, 0.15) is 27.7 Å². The molecule has 0 spiro atoms. The van der Waals surface area contributed by atoms with Crippen molar-refractivity contribution in [3.63, 3.8) is 0 Å². The lowest BCUT2D eigenvalue weighted by Gasteiger charge is -2.32. The molecule has 4 rings (SSSR count). The zero-order chi connectivity index (χ0) is 21.6. The Balaban J connectivity index is 2.15. The van der Waals surface area contributed by atoms with E-state index in [2.05, 4.69) is 82.6 Å². The molecule has 0 amide bonds. The second-order valence-electron chi connectivity index (χ2n) is 9.89. The van der Waals surface area contributed by atoms with Crippen molar-refractivity contribution >= 4 is 128 Å². The van der Waals surface area contributed by atoms with Crippen molar-refractivity contribution in [1.29, 1.82) is 0 Å². The van der Waals surface area contributed by atoms with Crippen molar-refractivity contribution in [2.45, 2.75) is 38.9 Å². The first-order chi connectivity index (χ1) is 13.3. The van der Waals surface area contributed by atoms with Gasteiger partial charge in [0.25, 0.3) is 0 Å². The summed E-state index contributed by atoms with van der Waals surface area (Å²) in [6.45, 7) is 8.39. The minimum Gasteiger partial charge on any atom is -0.457 e. The van der Waals surface area contributed by atoms with E-state index in [1.807, 2.05) is 0 Å². The van der Waals surface area contributed by atoms with Gasteiger partial charge in [-0.2, -0.15) is 0 Å². The first-order valence-corrected chi connectivity index (χ1v) is 10.6. The lowest BCUT2D eigenvalue weighted by Crippen LogP contribution is -2.54. The molecule has 0 N–H and O–H groups in total. The van der Waals surface area contributed by atoms with Crippen LogP contribution in [0.2, 0.25) is 0 Å². The molecule has 1 fully saturated rings. The Bertz CT molecular complexity index is 1180. The van der Waals surface area contributed by atoms with E-state index in [0.29, 0.717) is 0 Å². The van der Waals surface area contributed by atoms with Crippen LogP contribution in [0.3, 0.4) is 0 Å². The maximum atomic E-state index is 6.64. The average molecular weight is 377 g/mol. The smallest absolute Gasteiger partial charge is 0.457 e. The topological polar surface area (TPSA) is 31.6 Å². The SMILES string of the molecule is Bc1c(B)c(B)c2c(oc3c(B4OC(C)(C)C(C)(C)O4)c(B)c(B)c(B)c32)c1B. The predicted octanol–water partition coefficient (Wildman–Crippen LogP) is -8.31. The summed E-state index contributed by atoms with van der Waals surface area (Å²) in [4.78, 5) is 0. The Hall–Kier alpha value is -1.32. The Kier molecular flexibility index (Phi) is 4.58. The summed E-state index contributed by atoms with van der Waals surface area (Å²) in [5.41, 5.74) is 11.1. The van der Waals surface area contributed by atoms with E-state index in [4.69, 9.17) is 13.7 Å². The highest BCUT2D eigenvalue weighted by Gasteiger charge is 2.53. The van der Waals surface area contributed by atoms with Crippen molar-refractivity contribution < 1.29 is 13.7 Å². The van der Waals surface area contributed by atoms with Gasteiger partial charge < -0.3 is 13.7 Å². The number of fused-ring (bicyclic) bond motifs is 3. The number of rotatable bonds is 1. The van der Waals surface area contributed by atoms with E-state index in [1.165, 1.54) is 49.0 Å². The minimum absolute atomic E-state index is 0.389. The largest absolute Gasteiger partial charge is 0.498 e. The summed E-state index contributed by atoms with van der Waals surface area (Å²) in [7, 11) is 14.9. The van der Waals surface area contributed by atoms with Gasteiger partial charge in [-0.15, -0.1) is 10.9 Å². The Labute approximate surface area is 180 Å². The van der Waals surface area contributed by atoms with Gasteiger partial charge in [-0.05, 0) is 27.7 Å². The third-order valence-electron chi connectivity index (χ3n) is 7.95. The standard InChI is InChI=1S/C18H26B8O3/c1-17(2)18(3,4)29-26(28-17)14-12(24)10(22)8(20)6-5-7(19)9(21)11(23)13(25)15(5)27-16(6)14/h19-25H2,1-4H3. The summed E-state index contributed by atoms with van der Waals surface area (Å²) in [6, 6.07) is 0. The zero-order valence-electron chi connectivity index (χ0n) is 19.8. The van der Waals surface area contributed by atoms with E-state index in [0.717, 1.165) is 16.6 Å². The molecular weight excluding hydrogens is 351 g/mol. The highest BCUT2D eigenvalue weighted by atomic mass is 16.7. The van der Waals surface area contributed by atoms with E-state index >= 15 is 0 Å². The van der Waals surface area contributed by atoms with Crippen molar-refractivity contribution in [3.05, 3.63) is 0 Å².